The van der Waals surface area contributed by atoms with E-state index in [4.69, 9.17) is 14.4 Å². The summed E-state index contributed by atoms with van der Waals surface area (Å²) in [5, 5.41) is 12.9. The maximum absolute atomic E-state index is 11.3. The highest BCUT2D eigenvalue weighted by atomic mass is 16.6. The fourth-order valence-electron chi connectivity index (χ4n) is 1.34. The van der Waals surface area contributed by atoms with Crippen molar-refractivity contribution < 1.29 is 19.2 Å². The second-order valence-electron chi connectivity index (χ2n) is 3.34. The van der Waals surface area contributed by atoms with Crippen LogP contribution in [0.1, 0.15) is 17.5 Å². The molecule has 1 N–H and O–H groups in total. The van der Waals surface area contributed by atoms with Gasteiger partial charge in [-0.15, -0.1) is 0 Å². The van der Waals surface area contributed by atoms with Gasteiger partial charge in [0.05, 0.1) is 6.61 Å². The highest BCUT2D eigenvalue weighted by Gasteiger charge is 2.14. The molecule has 0 atom stereocenters. The van der Waals surface area contributed by atoms with Crippen molar-refractivity contribution in [2.75, 3.05) is 6.61 Å². The van der Waals surface area contributed by atoms with Crippen LogP contribution in [0.3, 0.4) is 0 Å². The van der Waals surface area contributed by atoms with E-state index in [1.54, 1.807) is 19.1 Å². The Morgan fingerprint density at radius 1 is 1.41 bits per heavy atom. The third-order valence-corrected chi connectivity index (χ3v) is 2.15. The van der Waals surface area contributed by atoms with Gasteiger partial charge in [0.25, 0.3) is 0 Å². The Balaban J connectivity index is 2.23. The number of benzene rings is 1. The van der Waals surface area contributed by atoms with Crippen LogP contribution in [-0.4, -0.2) is 22.8 Å². The summed E-state index contributed by atoms with van der Waals surface area (Å²) in [6, 6.07) is 7.94. The van der Waals surface area contributed by atoms with Gasteiger partial charge in [0, 0.05) is 11.6 Å². The smallest absolute Gasteiger partial charge is 0.377 e. The van der Waals surface area contributed by atoms with Gasteiger partial charge in [-0.2, -0.15) is 0 Å². The molecule has 5 nitrogen and oxygen atoms in total. The Kier molecular flexibility index (Phi) is 3.09. The number of ether oxygens (including phenoxy) is 1. The number of phenolic OH excluding ortho intramolecular Hbond substituents is 1. The molecule has 1 heterocycles. The molecule has 0 spiro atoms. The normalized spacial score (nSPS) is 10.2. The standard InChI is InChI=1S/C12H11NO4/c1-2-16-12(15)11-7-10(13-17-11)8-3-5-9(14)6-4-8/h3-7,14H,2H2,1H3. The number of hydrogen-bond acceptors (Lipinski definition) is 5. The molecule has 2 rings (SSSR count). The molecule has 0 saturated carbocycles. The summed E-state index contributed by atoms with van der Waals surface area (Å²) in [7, 11) is 0. The zero-order chi connectivity index (χ0) is 12.3. The molecule has 0 aliphatic carbocycles. The molecule has 2 aromatic rings. The molecule has 0 unspecified atom stereocenters. The van der Waals surface area contributed by atoms with E-state index >= 15 is 0 Å². The van der Waals surface area contributed by atoms with E-state index in [2.05, 4.69) is 5.16 Å². The number of esters is 1. The zero-order valence-corrected chi connectivity index (χ0v) is 9.21. The van der Waals surface area contributed by atoms with Crippen LogP contribution in [-0.2, 0) is 4.74 Å². The third kappa shape index (κ3) is 2.44. The number of rotatable bonds is 3. The van der Waals surface area contributed by atoms with Crippen LogP contribution in [0.15, 0.2) is 34.9 Å². The summed E-state index contributed by atoms with van der Waals surface area (Å²) in [4.78, 5) is 11.3. The third-order valence-electron chi connectivity index (χ3n) is 2.15. The number of phenols is 1. The molecule has 17 heavy (non-hydrogen) atoms. The topological polar surface area (TPSA) is 72.6 Å². The lowest BCUT2D eigenvalue weighted by atomic mass is 10.1. The summed E-state index contributed by atoms with van der Waals surface area (Å²) < 4.78 is 9.66. The van der Waals surface area contributed by atoms with E-state index in [0.717, 1.165) is 5.56 Å². The van der Waals surface area contributed by atoms with Crippen molar-refractivity contribution in [3.05, 3.63) is 36.1 Å². The number of hydrogen-bond donors (Lipinski definition) is 1. The molecule has 0 amide bonds. The molecule has 0 saturated heterocycles. The SMILES string of the molecule is CCOC(=O)c1cc(-c2ccc(O)cc2)no1. The first kappa shape index (κ1) is 11.2. The van der Waals surface area contributed by atoms with E-state index < -0.39 is 5.97 Å². The Hall–Kier alpha value is -2.30. The monoisotopic (exact) mass is 233 g/mol. The zero-order valence-electron chi connectivity index (χ0n) is 9.21. The molecular formula is C12H11NO4. The van der Waals surface area contributed by atoms with Crippen molar-refractivity contribution in [3.8, 4) is 17.0 Å². The molecule has 5 heteroatoms. The maximum atomic E-state index is 11.3. The van der Waals surface area contributed by atoms with Gasteiger partial charge in [0.1, 0.15) is 11.4 Å². The summed E-state index contributed by atoms with van der Waals surface area (Å²) in [6.45, 7) is 2.00. The second-order valence-corrected chi connectivity index (χ2v) is 3.34. The second kappa shape index (κ2) is 4.69. The Bertz CT molecular complexity index is 516. The van der Waals surface area contributed by atoms with Crippen molar-refractivity contribution in [1.82, 2.24) is 5.16 Å². The predicted molar refractivity (Wildman–Crippen MR) is 59.6 cm³/mol. The van der Waals surface area contributed by atoms with Crippen LogP contribution in [0.25, 0.3) is 11.3 Å². The summed E-state index contributed by atoms with van der Waals surface area (Å²) in [5.41, 5.74) is 1.27. The lowest BCUT2D eigenvalue weighted by molar-refractivity contribution is 0.0480. The highest BCUT2D eigenvalue weighted by molar-refractivity contribution is 5.87. The molecule has 0 fully saturated rings. The molecule has 0 aliphatic heterocycles. The van der Waals surface area contributed by atoms with Gasteiger partial charge in [-0.25, -0.2) is 4.79 Å². The maximum Gasteiger partial charge on any atom is 0.377 e. The molecule has 0 radical (unpaired) electrons. The van der Waals surface area contributed by atoms with Crippen molar-refractivity contribution in [3.63, 3.8) is 0 Å². The first-order chi connectivity index (χ1) is 8.20. The number of aromatic nitrogens is 1. The first-order valence-corrected chi connectivity index (χ1v) is 5.14. The summed E-state index contributed by atoms with van der Waals surface area (Å²) in [5.74, 6) is -0.303. The van der Waals surface area contributed by atoms with Gasteiger partial charge >= 0.3 is 5.97 Å². The lowest BCUT2D eigenvalue weighted by Crippen LogP contribution is -2.02. The van der Waals surface area contributed by atoms with Crippen molar-refractivity contribution in [2.45, 2.75) is 6.92 Å². The number of carbonyl (C=O) groups excluding carboxylic acids is 1. The van der Waals surface area contributed by atoms with Crippen LogP contribution in [0.4, 0.5) is 0 Å². The average molecular weight is 233 g/mol. The van der Waals surface area contributed by atoms with Gasteiger partial charge in [-0.1, -0.05) is 5.16 Å². The summed E-state index contributed by atoms with van der Waals surface area (Å²) in [6.07, 6.45) is 0. The van der Waals surface area contributed by atoms with E-state index in [1.807, 2.05) is 0 Å². The molecule has 1 aromatic carbocycles. The Morgan fingerprint density at radius 3 is 2.76 bits per heavy atom. The predicted octanol–water partition coefficient (Wildman–Crippen LogP) is 2.22. The van der Waals surface area contributed by atoms with E-state index in [9.17, 15) is 4.79 Å². The fourth-order valence-corrected chi connectivity index (χ4v) is 1.34. The molecule has 0 aliphatic rings. The van der Waals surface area contributed by atoms with Crippen molar-refractivity contribution in [1.29, 1.82) is 0 Å². The molecular weight excluding hydrogens is 222 g/mol. The Morgan fingerprint density at radius 2 is 2.12 bits per heavy atom. The van der Waals surface area contributed by atoms with Crippen molar-refractivity contribution in [2.24, 2.45) is 0 Å². The fraction of sp³-hybridized carbons (Fsp3) is 0.167. The quantitative estimate of drug-likeness (QED) is 0.823. The van der Waals surface area contributed by atoms with E-state index in [0.29, 0.717) is 5.69 Å². The van der Waals surface area contributed by atoms with Gasteiger partial charge in [0.2, 0.25) is 5.76 Å². The van der Waals surface area contributed by atoms with Crippen LogP contribution in [0.5, 0.6) is 5.75 Å². The molecule has 88 valence electrons. The minimum atomic E-state index is -0.537. The van der Waals surface area contributed by atoms with Crippen LogP contribution < -0.4 is 0 Å². The summed E-state index contributed by atoms with van der Waals surface area (Å²) >= 11 is 0. The van der Waals surface area contributed by atoms with Crippen molar-refractivity contribution >= 4 is 5.97 Å². The van der Waals surface area contributed by atoms with Gasteiger partial charge in [-0.05, 0) is 31.2 Å². The first-order valence-electron chi connectivity index (χ1n) is 5.14. The average Bonchev–Trinajstić information content (AvgIpc) is 2.80. The molecule has 1 aromatic heterocycles. The van der Waals surface area contributed by atoms with E-state index in [-0.39, 0.29) is 18.1 Å². The minimum absolute atomic E-state index is 0.0647. The molecule has 0 bridgehead atoms. The minimum Gasteiger partial charge on any atom is -0.508 e. The van der Waals surface area contributed by atoms with Gasteiger partial charge < -0.3 is 14.4 Å². The van der Waals surface area contributed by atoms with E-state index in [1.165, 1.54) is 18.2 Å². The Labute approximate surface area is 97.6 Å². The highest BCUT2D eigenvalue weighted by Crippen LogP contribution is 2.21. The number of aromatic hydroxyl groups is 1. The number of nitrogens with zero attached hydrogens (tertiary/aromatic N) is 1. The van der Waals surface area contributed by atoms with Gasteiger partial charge in [-0.3, -0.25) is 0 Å². The largest absolute Gasteiger partial charge is 0.508 e. The van der Waals surface area contributed by atoms with Crippen LogP contribution >= 0.6 is 0 Å². The lowest BCUT2D eigenvalue weighted by Gasteiger charge is -1.95. The van der Waals surface area contributed by atoms with Crippen LogP contribution in [0.2, 0.25) is 0 Å². The van der Waals surface area contributed by atoms with Crippen LogP contribution in [0, 0.1) is 0 Å². The number of carbonyl (C=O) groups is 1. The van der Waals surface area contributed by atoms with Gasteiger partial charge in [0.15, 0.2) is 0 Å².